The zero-order valence-corrected chi connectivity index (χ0v) is 15.8. The molecule has 1 rings (SSSR count). The second kappa shape index (κ2) is 12.5. The molecule has 1 aromatic rings. The second-order valence-corrected chi connectivity index (χ2v) is 6.82. The molecule has 25 heavy (non-hydrogen) atoms. The number of aryl methyl sites for hydroxylation is 1. The Morgan fingerprint density at radius 1 is 0.920 bits per heavy atom. The molecule has 0 aliphatic carbocycles. The molecule has 1 aromatic carbocycles. The fourth-order valence-corrected chi connectivity index (χ4v) is 2.92. The zero-order valence-electron chi connectivity index (χ0n) is 15.8. The van der Waals surface area contributed by atoms with E-state index in [0.29, 0.717) is 12.1 Å². The van der Waals surface area contributed by atoms with Crippen LogP contribution in [0.4, 0.5) is 5.69 Å². The summed E-state index contributed by atoms with van der Waals surface area (Å²) in [6, 6.07) is 4.76. The number of rotatable bonds is 13. The summed E-state index contributed by atoms with van der Waals surface area (Å²) in [7, 11) is 0. The summed E-state index contributed by atoms with van der Waals surface area (Å²) < 4.78 is 0. The van der Waals surface area contributed by atoms with Crippen molar-refractivity contribution in [2.75, 3.05) is 5.32 Å². The van der Waals surface area contributed by atoms with Gasteiger partial charge in [0.2, 0.25) is 5.91 Å². The van der Waals surface area contributed by atoms with Crippen LogP contribution in [-0.2, 0) is 4.79 Å². The van der Waals surface area contributed by atoms with E-state index in [9.17, 15) is 9.59 Å². The molecule has 140 valence electrons. The van der Waals surface area contributed by atoms with Crippen molar-refractivity contribution in [1.29, 1.82) is 0 Å². The van der Waals surface area contributed by atoms with Gasteiger partial charge >= 0.3 is 5.97 Å². The van der Waals surface area contributed by atoms with E-state index in [1.165, 1.54) is 57.4 Å². The van der Waals surface area contributed by atoms with Gasteiger partial charge in [0.25, 0.3) is 0 Å². The number of carbonyl (C=O) groups is 2. The number of aromatic carboxylic acids is 1. The van der Waals surface area contributed by atoms with Crippen LogP contribution < -0.4 is 5.32 Å². The highest BCUT2D eigenvalue weighted by Gasteiger charge is 2.08. The van der Waals surface area contributed by atoms with Crippen LogP contribution in [0.25, 0.3) is 0 Å². The maximum Gasteiger partial charge on any atom is 0.335 e. The molecule has 4 nitrogen and oxygen atoms in total. The van der Waals surface area contributed by atoms with Crippen LogP contribution in [0.3, 0.4) is 0 Å². The number of anilines is 1. The van der Waals surface area contributed by atoms with Crippen LogP contribution >= 0.6 is 0 Å². The molecule has 0 fully saturated rings. The Morgan fingerprint density at radius 2 is 1.48 bits per heavy atom. The maximum atomic E-state index is 12.0. The van der Waals surface area contributed by atoms with Gasteiger partial charge in [-0.15, -0.1) is 0 Å². The van der Waals surface area contributed by atoms with Crippen molar-refractivity contribution in [3.8, 4) is 0 Å². The largest absolute Gasteiger partial charge is 0.478 e. The van der Waals surface area contributed by atoms with Gasteiger partial charge in [0.1, 0.15) is 0 Å². The Hall–Kier alpha value is -1.84. The molecule has 0 aliphatic heterocycles. The van der Waals surface area contributed by atoms with Crippen LogP contribution in [0.2, 0.25) is 0 Å². The third kappa shape index (κ3) is 9.28. The summed E-state index contributed by atoms with van der Waals surface area (Å²) in [6.07, 6.45) is 13.0. The lowest BCUT2D eigenvalue weighted by Crippen LogP contribution is -2.12. The first-order chi connectivity index (χ1) is 12.0. The van der Waals surface area contributed by atoms with Gasteiger partial charge < -0.3 is 10.4 Å². The van der Waals surface area contributed by atoms with Crippen molar-refractivity contribution in [2.24, 2.45) is 0 Å². The number of hydrogen-bond donors (Lipinski definition) is 2. The van der Waals surface area contributed by atoms with Gasteiger partial charge in [-0.3, -0.25) is 4.79 Å². The molecule has 2 N–H and O–H groups in total. The molecule has 0 saturated heterocycles. The molecule has 0 bridgehead atoms. The molecular formula is C21H33NO3. The Balaban J connectivity index is 2.12. The van der Waals surface area contributed by atoms with Gasteiger partial charge in [-0.2, -0.15) is 0 Å². The summed E-state index contributed by atoms with van der Waals surface area (Å²) >= 11 is 0. The van der Waals surface area contributed by atoms with Gasteiger partial charge in [0.15, 0.2) is 0 Å². The van der Waals surface area contributed by atoms with Crippen molar-refractivity contribution in [2.45, 2.75) is 84.5 Å². The van der Waals surface area contributed by atoms with Gasteiger partial charge in [-0.25, -0.2) is 4.79 Å². The van der Waals surface area contributed by atoms with E-state index >= 15 is 0 Å². The highest BCUT2D eigenvalue weighted by molar-refractivity contribution is 5.93. The van der Waals surface area contributed by atoms with Crippen LogP contribution in [0.5, 0.6) is 0 Å². The number of carboxylic acids is 1. The third-order valence-corrected chi connectivity index (χ3v) is 4.50. The van der Waals surface area contributed by atoms with Crippen molar-refractivity contribution in [3.05, 3.63) is 29.3 Å². The molecule has 0 aromatic heterocycles. The minimum atomic E-state index is -0.952. The highest BCUT2D eigenvalue weighted by atomic mass is 16.4. The van der Waals surface area contributed by atoms with Gasteiger partial charge in [0, 0.05) is 12.1 Å². The first kappa shape index (κ1) is 21.2. The fraction of sp³-hybridized carbons (Fsp3) is 0.619. The quantitative estimate of drug-likeness (QED) is 0.434. The predicted molar refractivity (Wildman–Crippen MR) is 103 cm³/mol. The smallest absolute Gasteiger partial charge is 0.335 e. The van der Waals surface area contributed by atoms with E-state index in [1.807, 2.05) is 6.92 Å². The molecule has 1 amide bonds. The van der Waals surface area contributed by atoms with E-state index in [0.717, 1.165) is 18.4 Å². The van der Waals surface area contributed by atoms with Gasteiger partial charge in [-0.05, 0) is 37.1 Å². The lowest BCUT2D eigenvalue weighted by molar-refractivity contribution is -0.116. The predicted octanol–water partition coefficient (Wildman–Crippen LogP) is 5.94. The first-order valence-corrected chi connectivity index (χ1v) is 9.68. The molecule has 0 atom stereocenters. The Morgan fingerprint density at radius 3 is 2.00 bits per heavy atom. The van der Waals surface area contributed by atoms with E-state index in [1.54, 1.807) is 12.1 Å². The Labute approximate surface area is 152 Å². The topological polar surface area (TPSA) is 66.4 Å². The van der Waals surface area contributed by atoms with Crippen LogP contribution in [-0.4, -0.2) is 17.0 Å². The van der Waals surface area contributed by atoms with E-state index < -0.39 is 5.97 Å². The van der Waals surface area contributed by atoms with Crippen LogP contribution in [0.15, 0.2) is 18.2 Å². The number of nitrogens with one attached hydrogen (secondary N) is 1. The molecule has 0 unspecified atom stereocenters. The number of benzene rings is 1. The highest BCUT2D eigenvalue weighted by Crippen LogP contribution is 2.17. The van der Waals surface area contributed by atoms with Crippen molar-refractivity contribution in [3.63, 3.8) is 0 Å². The van der Waals surface area contributed by atoms with E-state index in [-0.39, 0.29) is 11.5 Å². The maximum absolute atomic E-state index is 12.0. The molecule has 0 spiro atoms. The fourth-order valence-electron chi connectivity index (χ4n) is 2.92. The van der Waals surface area contributed by atoms with E-state index in [2.05, 4.69) is 12.2 Å². The number of unbranched alkanes of at least 4 members (excludes halogenated alkanes) is 9. The number of amides is 1. The average molecular weight is 347 g/mol. The minimum Gasteiger partial charge on any atom is -0.478 e. The lowest BCUT2D eigenvalue weighted by atomic mass is 10.1. The summed E-state index contributed by atoms with van der Waals surface area (Å²) in [6.45, 7) is 4.05. The van der Waals surface area contributed by atoms with Crippen molar-refractivity contribution >= 4 is 17.6 Å². The number of hydrogen-bond acceptors (Lipinski definition) is 2. The second-order valence-electron chi connectivity index (χ2n) is 6.82. The monoisotopic (exact) mass is 347 g/mol. The van der Waals surface area contributed by atoms with Gasteiger partial charge in [0.05, 0.1) is 5.56 Å². The molecule has 4 heteroatoms. The standard InChI is InChI=1S/C21H33NO3/c1-3-4-5-6-7-8-9-10-11-12-13-20(23)22-19-15-14-18(21(24)25)16-17(19)2/h14-16H,3-13H2,1-2H3,(H,22,23)(H,24,25). The summed E-state index contributed by atoms with van der Waals surface area (Å²) in [5, 5.41) is 11.8. The average Bonchev–Trinajstić information content (AvgIpc) is 2.58. The summed E-state index contributed by atoms with van der Waals surface area (Å²) in [4.78, 5) is 22.9. The lowest BCUT2D eigenvalue weighted by Gasteiger charge is -2.09. The summed E-state index contributed by atoms with van der Waals surface area (Å²) in [5.74, 6) is -0.947. The zero-order chi connectivity index (χ0) is 18.5. The SMILES string of the molecule is CCCCCCCCCCCCC(=O)Nc1ccc(C(=O)O)cc1C. The van der Waals surface area contributed by atoms with E-state index in [4.69, 9.17) is 5.11 Å². The first-order valence-electron chi connectivity index (χ1n) is 9.68. The molecule has 0 aliphatic rings. The molecule has 0 saturated carbocycles. The van der Waals surface area contributed by atoms with Gasteiger partial charge in [-0.1, -0.05) is 64.7 Å². The molecule has 0 heterocycles. The minimum absolute atomic E-state index is 0.00532. The Bertz CT molecular complexity index is 540. The van der Waals surface area contributed by atoms with Crippen molar-refractivity contribution < 1.29 is 14.7 Å². The Kier molecular flexibility index (Phi) is 10.6. The molecule has 0 radical (unpaired) electrons. The molecular weight excluding hydrogens is 314 g/mol. The number of carboxylic acid groups (broad SMARTS) is 1. The third-order valence-electron chi connectivity index (χ3n) is 4.50. The summed E-state index contributed by atoms with van der Waals surface area (Å²) in [5.41, 5.74) is 1.71. The van der Waals surface area contributed by atoms with Crippen molar-refractivity contribution in [1.82, 2.24) is 0 Å². The normalized spacial score (nSPS) is 10.6. The van der Waals surface area contributed by atoms with Crippen LogP contribution in [0.1, 0.15) is 93.5 Å². The van der Waals surface area contributed by atoms with Crippen LogP contribution in [0, 0.1) is 6.92 Å². The number of carbonyl (C=O) groups excluding carboxylic acids is 1.